The van der Waals surface area contributed by atoms with Gasteiger partial charge in [0.05, 0.1) is 13.7 Å². The lowest BCUT2D eigenvalue weighted by Gasteiger charge is -2.18. The molecular weight excluding hydrogens is 344 g/mol. The first-order chi connectivity index (χ1) is 12.1. The number of para-hydroxylation sites is 1. The molecule has 1 unspecified atom stereocenters. The number of aromatic nitrogens is 2. The lowest BCUT2D eigenvalue weighted by molar-refractivity contribution is 0.205. The second-order valence-corrected chi connectivity index (χ2v) is 7.27. The minimum Gasteiger partial charge on any atom is -0.495 e. The van der Waals surface area contributed by atoms with Crippen molar-refractivity contribution < 1.29 is 17.9 Å². The molecule has 1 aliphatic heterocycles. The minimum absolute atomic E-state index is 0.0773. The summed E-state index contributed by atoms with van der Waals surface area (Å²) in [6, 6.07) is 8.39. The van der Waals surface area contributed by atoms with E-state index in [0.29, 0.717) is 18.7 Å². The normalized spacial score (nSPS) is 17.8. The van der Waals surface area contributed by atoms with Crippen LogP contribution in [0.5, 0.6) is 11.6 Å². The fourth-order valence-electron chi connectivity index (χ4n) is 2.63. The van der Waals surface area contributed by atoms with E-state index in [0.717, 1.165) is 0 Å². The van der Waals surface area contributed by atoms with Gasteiger partial charge in [-0.05, 0) is 18.6 Å². The Balaban J connectivity index is 1.77. The smallest absolute Gasteiger partial charge is 0.251 e. The molecule has 8 nitrogen and oxygen atoms in total. The summed E-state index contributed by atoms with van der Waals surface area (Å²) in [6.45, 7) is 0.481. The summed E-state index contributed by atoms with van der Waals surface area (Å²) in [6.07, 6.45) is 2.93. The zero-order valence-corrected chi connectivity index (χ0v) is 14.3. The van der Waals surface area contributed by atoms with Gasteiger partial charge in [0.15, 0.2) is 0 Å². The van der Waals surface area contributed by atoms with E-state index in [9.17, 15) is 8.42 Å². The van der Waals surface area contributed by atoms with Crippen molar-refractivity contribution in [1.82, 2.24) is 14.3 Å². The van der Waals surface area contributed by atoms with E-state index in [2.05, 4.69) is 9.97 Å². The predicted molar refractivity (Wildman–Crippen MR) is 87.5 cm³/mol. The molecule has 1 aromatic heterocycles. The zero-order chi connectivity index (χ0) is 17.9. The molecule has 0 aliphatic carbocycles. The van der Waals surface area contributed by atoms with Crippen LogP contribution in [0, 0.1) is 11.3 Å². The molecule has 2 heterocycles. The average molecular weight is 360 g/mol. The lowest BCUT2D eigenvalue weighted by atomic mass is 10.3. The van der Waals surface area contributed by atoms with E-state index in [1.54, 1.807) is 18.2 Å². The number of nitriles is 1. The van der Waals surface area contributed by atoms with Crippen molar-refractivity contribution in [3.05, 3.63) is 42.4 Å². The van der Waals surface area contributed by atoms with Crippen LogP contribution in [-0.2, 0) is 10.0 Å². The van der Waals surface area contributed by atoms with Gasteiger partial charge in [0.1, 0.15) is 22.8 Å². The Morgan fingerprint density at radius 3 is 2.80 bits per heavy atom. The van der Waals surface area contributed by atoms with E-state index in [1.807, 2.05) is 6.07 Å². The monoisotopic (exact) mass is 360 g/mol. The van der Waals surface area contributed by atoms with Crippen molar-refractivity contribution >= 4 is 10.0 Å². The van der Waals surface area contributed by atoms with Crippen LogP contribution in [0.2, 0.25) is 0 Å². The number of ether oxygens (including phenoxy) is 2. The first kappa shape index (κ1) is 17.1. The van der Waals surface area contributed by atoms with Crippen molar-refractivity contribution in [3.63, 3.8) is 0 Å². The summed E-state index contributed by atoms with van der Waals surface area (Å²) in [7, 11) is -2.26. The number of methoxy groups -OCH3 is 1. The maximum atomic E-state index is 12.8. The summed E-state index contributed by atoms with van der Waals surface area (Å²) >= 11 is 0. The van der Waals surface area contributed by atoms with E-state index >= 15 is 0 Å². The van der Waals surface area contributed by atoms with Gasteiger partial charge >= 0.3 is 0 Å². The topological polar surface area (TPSA) is 105 Å². The van der Waals surface area contributed by atoms with Crippen LogP contribution in [0.4, 0.5) is 0 Å². The van der Waals surface area contributed by atoms with Gasteiger partial charge in [-0.15, -0.1) is 0 Å². The number of nitrogens with zero attached hydrogens (tertiary/aromatic N) is 4. The summed E-state index contributed by atoms with van der Waals surface area (Å²) in [5.41, 5.74) is 0.0773. The van der Waals surface area contributed by atoms with Crippen LogP contribution < -0.4 is 9.47 Å². The fraction of sp³-hybridized carbons (Fsp3) is 0.312. The van der Waals surface area contributed by atoms with Gasteiger partial charge in [0.2, 0.25) is 15.7 Å². The largest absolute Gasteiger partial charge is 0.495 e. The third-order valence-electron chi connectivity index (χ3n) is 3.84. The Hall–Kier alpha value is -2.70. The van der Waals surface area contributed by atoms with Crippen LogP contribution >= 0.6 is 0 Å². The molecule has 1 fully saturated rings. The van der Waals surface area contributed by atoms with Crippen LogP contribution in [-0.4, -0.2) is 49.0 Å². The molecule has 0 saturated carbocycles. The Morgan fingerprint density at radius 2 is 2.04 bits per heavy atom. The van der Waals surface area contributed by atoms with E-state index in [1.165, 1.54) is 29.9 Å². The van der Waals surface area contributed by atoms with Crippen molar-refractivity contribution in [1.29, 1.82) is 5.26 Å². The Kier molecular flexibility index (Phi) is 4.83. The highest BCUT2D eigenvalue weighted by molar-refractivity contribution is 7.89. The van der Waals surface area contributed by atoms with Gasteiger partial charge < -0.3 is 9.47 Å². The molecule has 0 amide bonds. The lowest BCUT2D eigenvalue weighted by Crippen LogP contribution is -2.31. The van der Waals surface area contributed by atoms with Gasteiger partial charge in [-0.2, -0.15) is 9.57 Å². The molecule has 1 aliphatic rings. The highest BCUT2D eigenvalue weighted by Gasteiger charge is 2.35. The number of benzene rings is 1. The van der Waals surface area contributed by atoms with E-state index in [-0.39, 0.29) is 23.0 Å². The Labute approximate surface area is 145 Å². The molecule has 1 atom stereocenters. The SMILES string of the molecule is COc1ccccc1S(=O)(=O)N1CCC(Oc2nccnc2C#N)C1. The molecule has 0 N–H and O–H groups in total. The fourth-order valence-corrected chi connectivity index (χ4v) is 4.27. The Morgan fingerprint density at radius 1 is 1.28 bits per heavy atom. The maximum Gasteiger partial charge on any atom is 0.251 e. The summed E-state index contributed by atoms with van der Waals surface area (Å²) in [5, 5.41) is 9.03. The molecule has 1 aromatic carbocycles. The molecule has 0 bridgehead atoms. The number of hydrogen-bond acceptors (Lipinski definition) is 7. The highest BCUT2D eigenvalue weighted by Crippen LogP contribution is 2.29. The quantitative estimate of drug-likeness (QED) is 0.789. The molecule has 130 valence electrons. The van der Waals surface area contributed by atoms with Gasteiger partial charge in [0, 0.05) is 18.9 Å². The van der Waals surface area contributed by atoms with Gasteiger partial charge in [-0.1, -0.05) is 12.1 Å². The maximum absolute atomic E-state index is 12.8. The van der Waals surface area contributed by atoms with Crippen molar-refractivity contribution in [2.75, 3.05) is 20.2 Å². The summed E-state index contributed by atoms with van der Waals surface area (Å²) < 4.78 is 37.9. The second-order valence-electron chi connectivity index (χ2n) is 5.36. The molecule has 1 saturated heterocycles. The first-order valence-corrected chi connectivity index (χ1v) is 9.01. The third-order valence-corrected chi connectivity index (χ3v) is 5.75. The Bertz CT molecular complexity index is 910. The van der Waals surface area contributed by atoms with Gasteiger partial charge in [-0.25, -0.2) is 18.4 Å². The first-order valence-electron chi connectivity index (χ1n) is 7.57. The van der Waals surface area contributed by atoms with E-state index in [4.69, 9.17) is 14.7 Å². The highest BCUT2D eigenvalue weighted by atomic mass is 32.2. The summed E-state index contributed by atoms with van der Waals surface area (Å²) in [4.78, 5) is 7.99. The molecule has 3 rings (SSSR count). The van der Waals surface area contributed by atoms with Crippen molar-refractivity contribution in [2.45, 2.75) is 17.4 Å². The van der Waals surface area contributed by atoms with Crippen LogP contribution in [0.25, 0.3) is 0 Å². The second kappa shape index (κ2) is 7.04. The molecule has 0 radical (unpaired) electrons. The van der Waals surface area contributed by atoms with Crippen LogP contribution in [0.1, 0.15) is 12.1 Å². The molecule has 0 spiro atoms. The van der Waals surface area contributed by atoms with Crippen molar-refractivity contribution in [3.8, 4) is 17.7 Å². The molecule has 9 heteroatoms. The number of rotatable bonds is 5. The molecule has 25 heavy (non-hydrogen) atoms. The predicted octanol–water partition coefficient (Wildman–Crippen LogP) is 1.20. The number of hydrogen-bond donors (Lipinski definition) is 0. The van der Waals surface area contributed by atoms with Crippen molar-refractivity contribution in [2.24, 2.45) is 0 Å². The minimum atomic E-state index is -3.70. The molecule has 2 aromatic rings. The van der Waals surface area contributed by atoms with Gasteiger partial charge in [0.25, 0.3) is 5.88 Å². The third kappa shape index (κ3) is 3.40. The number of sulfonamides is 1. The standard InChI is InChI=1S/C16H16N4O4S/c1-23-14-4-2-3-5-15(14)25(21,22)20-9-6-12(11-20)24-16-13(10-17)18-7-8-19-16/h2-5,7-8,12H,6,9,11H2,1H3. The van der Waals surface area contributed by atoms with E-state index < -0.39 is 16.1 Å². The zero-order valence-electron chi connectivity index (χ0n) is 13.5. The summed E-state index contributed by atoms with van der Waals surface area (Å²) in [5.74, 6) is 0.416. The van der Waals surface area contributed by atoms with Crippen LogP contribution in [0.15, 0.2) is 41.6 Å². The van der Waals surface area contributed by atoms with Crippen LogP contribution in [0.3, 0.4) is 0 Å². The average Bonchev–Trinajstić information content (AvgIpc) is 3.11. The van der Waals surface area contributed by atoms with Gasteiger partial charge in [-0.3, -0.25) is 0 Å². The molecular formula is C16H16N4O4S.